The van der Waals surface area contributed by atoms with Gasteiger partial charge in [0.2, 0.25) is 6.10 Å². The van der Waals surface area contributed by atoms with E-state index >= 15 is 0 Å². The van der Waals surface area contributed by atoms with Crippen molar-refractivity contribution in [3.05, 3.63) is 60.1 Å². The van der Waals surface area contributed by atoms with Gasteiger partial charge in [-0.2, -0.15) is 5.10 Å². The second kappa shape index (κ2) is 6.45. The molecule has 25 heavy (non-hydrogen) atoms. The summed E-state index contributed by atoms with van der Waals surface area (Å²) in [5, 5.41) is 7.33. The fraction of sp³-hybridized carbons (Fsp3) is 0.118. The molecule has 2 aromatic carbocycles. The number of fused-ring (bicyclic) bond motifs is 1. The number of amides is 1. The summed E-state index contributed by atoms with van der Waals surface area (Å²) < 4.78 is 12.8. The molecule has 0 saturated heterocycles. The van der Waals surface area contributed by atoms with E-state index in [-0.39, 0.29) is 12.5 Å². The van der Waals surface area contributed by atoms with E-state index in [2.05, 4.69) is 15.4 Å². The van der Waals surface area contributed by atoms with Gasteiger partial charge in [-0.15, -0.1) is 0 Å². The van der Waals surface area contributed by atoms with Gasteiger partial charge in [0.1, 0.15) is 24.9 Å². The van der Waals surface area contributed by atoms with Crippen molar-refractivity contribution in [1.29, 1.82) is 0 Å². The highest BCUT2D eigenvalue weighted by atomic mass is 35.5. The smallest absolute Gasteiger partial charge is 0.269 e. The zero-order chi connectivity index (χ0) is 17.2. The van der Waals surface area contributed by atoms with Gasteiger partial charge >= 0.3 is 0 Å². The quantitative estimate of drug-likeness (QED) is 0.780. The van der Waals surface area contributed by atoms with E-state index in [0.717, 1.165) is 0 Å². The maximum atomic E-state index is 12.6. The molecule has 0 saturated carbocycles. The number of ether oxygens (including phenoxy) is 2. The summed E-state index contributed by atoms with van der Waals surface area (Å²) in [5.41, 5.74) is 1.04. The summed E-state index contributed by atoms with van der Waals surface area (Å²) in [6.07, 6.45) is 2.13. The van der Waals surface area contributed by atoms with E-state index in [1.165, 1.54) is 17.3 Å². The van der Waals surface area contributed by atoms with E-state index in [9.17, 15) is 4.79 Å². The first kappa shape index (κ1) is 15.5. The lowest BCUT2D eigenvalue weighted by molar-refractivity contribution is -0.125. The summed E-state index contributed by atoms with van der Waals surface area (Å²) in [7, 11) is 0. The van der Waals surface area contributed by atoms with Gasteiger partial charge in [0.15, 0.2) is 11.5 Å². The maximum absolute atomic E-state index is 12.6. The number of para-hydroxylation sites is 3. The summed E-state index contributed by atoms with van der Waals surface area (Å²) in [6.45, 7) is 0.127. The average molecular weight is 357 g/mol. The maximum Gasteiger partial charge on any atom is 0.269 e. The highest BCUT2D eigenvalue weighted by molar-refractivity contribution is 6.33. The van der Waals surface area contributed by atoms with Gasteiger partial charge in [0.05, 0.1) is 10.7 Å². The third kappa shape index (κ3) is 3.01. The largest absolute Gasteiger partial charge is 0.485 e. The first-order valence-corrected chi connectivity index (χ1v) is 7.93. The molecule has 0 aliphatic carbocycles. The fourth-order valence-electron chi connectivity index (χ4n) is 2.53. The SMILES string of the molecule is O=C(Nc1cccc(Cl)c1-n1cncn1)C1COc2ccccc2O1. The normalized spacial score (nSPS) is 15.6. The van der Waals surface area contributed by atoms with E-state index in [0.29, 0.717) is 27.9 Å². The minimum atomic E-state index is -0.766. The van der Waals surface area contributed by atoms with Crippen molar-refractivity contribution in [3.63, 3.8) is 0 Å². The molecule has 1 atom stereocenters. The molecule has 0 spiro atoms. The third-order valence-electron chi connectivity index (χ3n) is 3.69. The first-order valence-electron chi connectivity index (χ1n) is 7.55. The van der Waals surface area contributed by atoms with Crippen molar-refractivity contribution >= 4 is 23.2 Å². The van der Waals surface area contributed by atoms with E-state index in [1.807, 2.05) is 12.1 Å². The van der Waals surface area contributed by atoms with Crippen LogP contribution in [0.4, 0.5) is 5.69 Å². The molecule has 1 N–H and O–H groups in total. The number of carbonyl (C=O) groups excluding carboxylic acids is 1. The molecule has 8 heteroatoms. The van der Waals surface area contributed by atoms with Gasteiger partial charge in [-0.3, -0.25) is 4.79 Å². The van der Waals surface area contributed by atoms with Crippen LogP contribution >= 0.6 is 11.6 Å². The minimum Gasteiger partial charge on any atom is -0.485 e. The van der Waals surface area contributed by atoms with Crippen LogP contribution < -0.4 is 14.8 Å². The molecular formula is C17H13ClN4O3. The molecule has 3 aromatic rings. The first-order chi connectivity index (χ1) is 12.2. The number of anilines is 1. The number of aromatic nitrogens is 3. The molecule has 7 nitrogen and oxygen atoms in total. The number of carbonyl (C=O) groups is 1. The van der Waals surface area contributed by atoms with Crippen molar-refractivity contribution in [2.24, 2.45) is 0 Å². The van der Waals surface area contributed by atoms with Crippen molar-refractivity contribution in [1.82, 2.24) is 14.8 Å². The van der Waals surface area contributed by atoms with Crippen LogP contribution in [-0.2, 0) is 4.79 Å². The Bertz CT molecular complexity index is 914. The number of halogens is 1. The minimum absolute atomic E-state index is 0.127. The Kier molecular flexibility index (Phi) is 3.99. The Morgan fingerprint density at radius 2 is 2.04 bits per heavy atom. The standard InChI is InChI=1S/C17H13ClN4O3/c18-11-4-3-5-12(16(11)22-10-19-9-20-22)21-17(23)15-8-24-13-6-1-2-7-14(13)25-15/h1-7,9-10,15H,8H2,(H,21,23). The molecule has 1 aliphatic heterocycles. The molecule has 0 bridgehead atoms. The van der Waals surface area contributed by atoms with E-state index in [4.69, 9.17) is 21.1 Å². The van der Waals surface area contributed by atoms with Crippen LogP contribution in [0.5, 0.6) is 11.5 Å². The van der Waals surface area contributed by atoms with Crippen molar-refractivity contribution < 1.29 is 14.3 Å². The lowest BCUT2D eigenvalue weighted by Gasteiger charge is -2.25. The Morgan fingerprint density at radius 3 is 2.84 bits per heavy atom. The lowest BCUT2D eigenvalue weighted by Crippen LogP contribution is -2.40. The zero-order valence-electron chi connectivity index (χ0n) is 12.9. The molecule has 0 fully saturated rings. The number of benzene rings is 2. The van der Waals surface area contributed by atoms with Crippen LogP contribution in [0.3, 0.4) is 0 Å². The summed E-state index contributed by atoms with van der Waals surface area (Å²) in [5.74, 6) is 0.826. The topological polar surface area (TPSA) is 78.3 Å². The Balaban J connectivity index is 1.57. The highest BCUT2D eigenvalue weighted by Crippen LogP contribution is 2.32. The Morgan fingerprint density at radius 1 is 1.20 bits per heavy atom. The number of hydrogen-bond acceptors (Lipinski definition) is 5. The van der Waals surface area contributed by atoms with Gasteiger partial charge < -0.3 is 14.8 Å². The van der Waals surface area contributed by atoms with Gasteiger partial charge in [0, 0.05) is 0 Å². The number of rotatable bonds is 3. The molecular weight excluding hydrogens is 344 g/mol. The Hall–Kier alpha value is -3.06. The fourth-order valence-corrected chi connectivity index (χ4v) is 2.80. The van der Waals surface area contributed by atoms with Crippen LogP contribution in [0, 0.1) is 0 Å². The molecule has 1 unspecified atom stereocenters. The molecule has 1 amide bonds. The predicted molar refractivity (Wildman–Crippen MR) is 91.4 cm³/mol. The number of nitrogens with one attached hydrogen (secondary N) is 1. The summed E-state index contributed by atoms with van der Waals surface area (Å²) >= 11 is 6.26. The molecule has 0 radical (unpaired) electrons. The average Bonchev–Trinajstić information content (AvgIpc) is 3.15. The van der Waals surface area contributed by atoms with Crippen LogP contribution in [0.25, 0.3) is 5.69 Å². The van der Waals surface area contributed by atoms with E-state index < -0.39 is 6.10 Å². The van der Waals surface area contributed by atoms with Gasteiger partial charge in [0.25, 0.3) is 5.91 Å². The molecule has 1 aliphatic rings. The van der Waals surface area contributed by atoms with Gasteiger partial charge in [-0.25, -0.2) is 9.67 Å². The van der Waals surface area contributed by atoms with Crippen molar-refractivity contribution in [2.75, 3.05) is 11.9 Å². The third-order valence-corrected chi connectivity index (χ3v) is 4.00. The molecule has 2 heterocycles. The lowest BCUT2D eigenvalue weighted by atomic mass is 10.2. The molecule has 126 valence electrons. The molecule has 1 aromatic heterocycles. The number of nitrogens with zero attached hydrogens (tertiary/aromatic N) is 3. The second-order valence-corrected chi connectivity index (χ2v) is 5.74. The Labute approximate surface area is 148 Å². The predicted octanol–water partition coefficient (Wildman–Crippen LogP) is 2.70. The highest BCUT2D eigenvalue weighted by Gasteiger charge is 2.28. The van der Waals surface area contributed by atoms with Crippen LogP contribution in [0.2, 0.25) is 5.02 Å². The van der Waals surface area contributed by atoms with Crippen molar-refractivity contribution in [2.45, 2.75) is 6.10 Å². The van der Waals surface area contributed by atoms with Crippen molar-refractivity contribution in [3.8, 4) is 17.2 Å². The van der Waals surface area contributed by atoms with Crippen LogP contribution in [0.15, 0.2) is 55.1 Å². The van der Waals surface area contributed by atoms with Crippen LogP contribution in [-0.4, -0.2) is 33.4 Å². The van der Waals surface area contributed by atoms with Gasteiger partial charge in [-0.1, -0.05) is 29.8 Å². The monoisotopic (exact) mass is 356 g/mol. The van der Waals surface area contributed by atoms with Crippen LogP contribution in [0.1, 0.15) is 0 Å². The summed E-state index contributed by atoms with van der Waals surface area (Å²) in [6, 6.07) is 12.4. The van der Waals surface area contributed by atoms with E-state index in [1.54, 1.807) is 30.3 Å². The summed E-state index contributed by atoms with van der Waals surface area (Å²) in [4.78, 5) is 16.5. The second-order valence-electron chi connectivity index (χ2n) is 5.33. The zero-order valence-corrected chi connectivity index (χ0v) is 13.7. The molecule has 4 rings (SSSR count). The number of hydrogen-bond donors (Lipinski definition) is 1. The van der Waals surface area contributed by atoms with Gasteiger partial charge in [-0.05, 0) is 24.3 Å².